The van der Waals surface area contributed by atoms with Crippen LogP contribution in [-0.4, -0.2) is 87.6 Å². The number of aliphatic hydroxyl groups excluding tert-OH is 4. The van der Waals surface area contributed by atoms with E-state index in [1.54, 1.807) is 0 Å². The summed E-state index contributed by atoms with van der Waals surface area (Å²) in [5, 5.41) is 41.6. The Morgan fingerprint density at radius 3 is 1.50 bits per heavy atom. The zero-order chi connectivity index (χ0) is 20.0. The molecule has 1 aromatic carbocycles. The van der Waals surface area contributed by atoms with Gasteiger partial charge in [0.1, 0.15) is 0 Å². The number of amides is 2. The van der Waals surface area contributed by atoms with Gasteiger partial charge in [0, 0.05) is 0 Å². The van der Waals surface area contributed by atoms with Crippen molar-refractivity contribution in [3.8, 4) is 0 Å². The van der Waals surface area contributed by atoms with Crippen LogP contribution in [0.4, 0.5) is 0 Å². The molecule has 0 bridgehead atoms. The molecule has 3 atom stereocenters. The number of hydrogen-bond donors (Lipinski definition) is 6. The Bertz CT molecular complexity index is 638. The summed E-state index contributed by atoms with van der Waals surface area (Å²) >= 11 is 7.27. The first-order valence-electron chi connectivity index (χ1n) is 7.25. The summed E-state index contributed by atoms with van der Waals surface area (Å²) in [6.45, 7) is -1.15. The fourth-order valence-electron chi connectivity index (χ4n) is 1.81. The molecule has 146 valence electrons. The molecule has 0 aliphatic carbocycles. The van der Waals surface area contributed by atoms with Crippen LogP contribution in [0.15, 0.2) is 0 Å². The van der Waals surface area contributed by atoms with Crippen LogP contribution in [0, 0.1) is 10.7 Å². The van der Waals surface area contributed by atoms with E-state index in [0.717, 1.165) is 4.35 Å². The van der Waals surface area contributed by atoms with Gasteiger partial charge in [-0.2, -0.15) is 0 Å². The maximum absolute atomic E-state index is 12.5. The molecule has 0 saturated heterocycles. The van der Waals surface area contributed by atoms with Gasteiger partial charge >= 0.3 is 202 Å². The van der Waals surface area contributed by atoms with E-state index in [9.17, 15) is 19.8 Å². The first-order chi connectivity index (χ1) is 12.1. The minimum absolute atomic E-state index is 0.109. The van der Waals surface area contributed by atoms with Crippen molar-refractivity contribution >= 4 is 101 Å². The van der Waals surface area contributed by atoms with Crippen LogP contribution in [0.2, 0.25) is 0 Å². The molecule has 1 aromatic rings. The van der Waals surface area contributed by atoms with E-state index < -0.39 is 37.2 Å². The fourth-order valence-corrected chi connectivity index (χ4v) is 6.56. The van der Waals surface area contributed by atoms with Crippen LogP contribution in [0.25, 0.3) is 0 Å². The molecule has 0 spiro atoms. The van der Waals surface area contributed by atoms with Gasteiger partial charge < -0.3 is 0 Å². The van der Waals surface area contributed by atoms with Crippen molar-refractivity contribution in [2.75, 3.05) is 26.3 Å². The van der Waals surface area contributed by atoms with Gasteiger partial charge in [-0.05, 0) is 0 Å². The normalized spacial score (nSPS) is 13.2. The molecule has 0 aromatic heterocycles. The van der Waals surface area contributed by atoms with Crippen molar-refractivity contribution in [2.24, 2.45) is 0 Å². The number of carbonyl (C=O) groups is 2. The van der Waals surface area contributed by atoms with E-state index in [2.05, 4.69) is 10.6 Å². The molecular formula is C14H18AsI3N2O6. The molecule has 0 aliphatic heterocycles. The summed E-state index contributed by atoms with van der Waals surface area (Å²) < 4.78 is 2.68. The van der Waals surface area contributed by atoms with E-state index >= 15 is 0 Å². The van der Waals surface area contributed by atoms with Crippen LogP contribution in [0.3, 0.4) is 0 Å². The van der Waals surface area contributed by atoms with Crippen LogP contribution in [-0.2, 0) is 0 Å². The van der Waals surface area contributed by atoms with Crippen LogP contribution >= 0.6 is 67.8 Å². The number of nitrogens with one attached hydrogen (secondary N) is 2. The van der Waals surface area contributed by atoms with Gasteiger partial charge in [0.25, 0.3) is 0 Å². The Hall–Kier alpha value is 0.748. The summed E-state index contributed by atoms with van der Waals surface area (Å²) in [6.07, 6.45) is -2.13. The number of carbonyl (C=O) groups excluding carboxylic acids is 2. The zero-order valence-electron chi connectivity index (χ0n) is 13.3. The van der Waals surface area contributed by atoms with E-state index in [1.165, 1.54) is 16.9 Å². The summed E-state index contributed by atoms with van der Waals surface area (Å²) in [7, 11) is 0. The second-order valence-electron chi connectivity index (χ2n) is 5.20. The Labute approximate surface area is 199 Å². The van der Waals surface area contributed by atoms with Crippen molar-refractivity contribution in [3.05, 3.63) is 21.8 Å². The third-order valence-corrected chi connectivity index (χ3v) is 10.2. The molecule has 26 heavy (non-hydrogen) atoms. The predicted octanol–water partition coefficient (Wildman–Crippen LogP) is -2.08. The number of aliphatic hydroxyl groups is 4. The summed E-state index contributed by atoms with van der Waals surface area (Å²) in [5.74, 6) is -0.905. The van der Waals surface area contributed by atoms with Gasteiger partial charge in [-0.15, -0.1) is 0 Å². The van der Waals surface area contributed by atoms with Crippen molar-refractivity contribution in [2.45, 2.75) is 12.2 Å². The van der Waals surface area contributed by atoms with Crippen molar-refractivity contribution in [1.29, 1.82) is 0 Å². The number of hydrogen-bond acceptors (Lipinski definition) is 6. The maximum atomic E-state index is 12.5. The van der Waals surface area contributed by atoms with Crippen LogP contribution in [0.1, 0.15) is 20.7 Å². The molecule has 0 fully saturated rings. The van der Waals surface area contributed by atoms with Gasteiger partial charge in [-0.1, -0.05) is 0 Å². The van der Waals surface area contributed by atoms with Gasteiger partial charge in [0.2, 0.25) is 0 Å². The molecule has 2 amide bonds. The molecule has 0 radical (unpaired) electrons. The monoisotopic (exact) mass is 766 g/mol. The Kier molecular flexibility index (Phi) is 11.1. The second-order valence-corrected chi connectivity index (χ2v) is 9.65. The average molecular weight is 766 g/mol. The molecule has 8 nitrogen and oxygen atoms in total. The number of halogens is 3. The quantitative estimate of drug-likeness (QED) is 0.133. The van der Waals surface area contributed by atoms with Gasteiger partial charge in [-0.25, -0.2) is 0 Å². The third kappa shape index (κ3) is 6.39. The molecule has 6 N–H and O–H groups in total. The zero-order valence-corrected chi connectivity index (χ0v) is 22.2. The van der Waals surface area contributed by atoms with Crippen molar-refractivity contribution in [1.82, 2.24) is 10.6 Å². The molecule has 1 rings (SSSR count). The fraction of sp³-hybridized carbons (Fsp3) is 0.429. The summed E-state index contributed by atoms with van der Waals surface area (Å²) in [6, 6.07) is 0. The molecule has 0 aliphatic rings. The van der Waals surface area contributed by atoms with E-state index in [1.807, 2.05) is 67.8 Å². The van der Waals surface area contributed by atoms with Crippen molar-refractivity contribution in [3.63, 3.8) is 0 Å². The minimum atomic E-state index is -1.06. The predicted molar refractivity (Wildman–Crippen MR) is 124 cm³/mol. The second kappa shape index (κ2) is 11.7. The van der Waals surface area contributed by atoms with Crippen LogP contribution < -0.4 is 15.0 Å². The SMILES string of the molecule is O=C(NCC(O)CO)c1c(I)c([AsH2])c(I)c(C(=O)NCC(O)CO)c1I. The molecule has 12 heteroatoms. The Morgan fingerprint density at radius 1 is 0.846 bits per heavy atom. The van der Waals surface area contributed by atoms with E-state index in [-0.39, 0.29) is 13.1 Å². The number of rotatable bonds is 8. The molecular weight excluding hydrogens is 748 g/mol. The summed E-state index contributed by atoms with van der Waals surface area (Å²) in [5.41, 5.74) is 0.646. The molecule has 0 saturated carbocycles. The molecule has 3 unspecified atom stereocenters. The third-order valence-electron chi connectivity index (χ3n) is 3.22. The Balaban J connectivity index is 3.22. The number of benzene rings is 1. The van der Waals surface area contributed by atoms with Gasteiger partial charge in [0.15, 0.2) is 0 Å². The average Bonchev–Trinajstić information content (AvgIpc) is 2.62. The molecule has 0 heterocycles. The topological polar surface area (TPSA) is 139 Å². The van der Waals surface area contributed by atoms with Crippen LogP contribution in [0.5, 0.6) is 0 Å². The van der Waals surface area contributed by atoms with E-state index in [0.29, 0.717) is 21.8 Å². The summed E-state index contributed by atoms with van der Waals surface area (Å²) in [4.78, 5) is 25.1. The first kappa shape index (κ1) is 24.8. The Morgan fingerprint density at radius 2 is 1.19 bits per heavy atom. The van der Waals surface area contributed by atoms with E-state index in [4.69, 9.17) is 10.2 Å². The van der Waals surface area contributed by atoms with Gasteiger partial charge in [0.05, 0.1) is 0 Å². The van der Waals surface area contributed by atoms with Gasteiger partial charge in [-0.3, -0.25) is 0 Å². The first-order valence-corrected chi connectivity index (χ1v) is 11.7. The standard InChI is InChI=1S/C14H18AsI3N2O6/c15-9-11(17)7(13(25)19-1-5(23)3-21)10(16)8(12(9)18)14(26)20-2-6(24)4-22/h5-6,21-24H,1-4,15H2,(H,19,25)(H,20,26). The van der Waals surface area contributed by atoms with Crippen molar-refractivity contribution < 1.29 is 30.0 Å².